The highest BCUT2D eigenvalue weighted by atomic mass is 16.7. The van der Waals surface area contributed by atoms with Crippen molar-refractivity contribution in [1.29, 1.82) is 0 Å². The van der Waals surface area contributed by atoms with Crippen LogP contribution in [0.5, 0.6) is 0 Å². The molecule has 0 saturated carbocycles. The Hall–Kier alpha value is -1.58. The number of rotatable bonds is 20. The van der Waals surface area contributed by atoms with E-state index in [9.17, 15) is 60.7 Å². The second kappa shape index (κ2) is 21.2. The average Bonchev–Trinajstić information content (AvgIpc) is 3.10. The van der Waals surface area contributed by atoms with Gasteiger partial charge in [-0.3, -0.25) is 9.59 Å². The highest BCUT2D eigenvalue weighted by Gasteiger charge is 2.52. The number of hydrogen-bond donors (Lipinski definition) is 11. The Morgan fingerprint density at radius 1 is 0.620 bits per heavy atom. The first-order valence-electron chi connectivity index (χ1n) is 16.3. The van der Waals surface area contributed by atoms with Crippen molar-refractivity contribution in [3.63, 3.8) is 0 Å². The predicted octanol–water partition coefficient (Wildman–Crippen LogP) is -7.03. The maximum Gasteiger partial charge on any atom is 0.245 e. The van der Waals surface area contributed by atoms with Crippen LogP contribution in [0.4, 0.5) is 0 Å². The van der Waals surface area contributed by atoms with E-state index in [-0.39, 0.29) is 57.6 Å². The van der Waals surface area contributed by atoms with Crippen molar-refractivity contribution in [1.82, 2.24) is 5.32 Å². The third-order valence-electron chi connectivity index (χ3n) is 8.18. The summed E-state index contributed by atoms with van der Waals surface area (Å²) in [7, 11) is 0. The number of ether oxygens (including phenoxy) is 8. The molecule has 3 fully saturated rings. The first-order chi connectivity index (χ1) is 23.8. The number of ketones is 1. The van der Waals surface area contributed by atoms with E-state index in [0.29, 0.717) is 6.54 Å². The lowest BCUT2D eigenvalue weighted by Crippen LogP contribution is -2.65. The minimum absolute atomic E-state index is 0.000347. The molecule has 1 amide bonds. The van der Waals surface area contributed by atoms with Crippen LogP contribution in [-0.4, -0.2) is 214 Å². The normalized spacial score (nSPS) is 39.3. The summed E-state index contributed by atoms with van der Waals surface area (Å²) in [5.41, 5.74) is 0. The van der Waals surface area contributed by atoms with E-state index in [1.165, 1.54) is 0 Å². The fraction of sp³-hybridized carbons (Fsp3) is 0.931. The molecule has 0 spiro atoms. The molecule has 0 aromatic carbocycles. The maximum atomic E-state index is 12.2. The summed E-state index contributed by atoms with van der Waals surface area (Å²) < 4.78 is 43.5. The molecule has 3 saturated heterocycles. The first-order valence-corrected chi connectivity index (χ1v) is 16.3. The zero-order chi connectivity index (χ0) is 37.0. The van der Waals surface area contributed by atoms with E-state index in [0.717, 1.165) is 0 Å². The second-order valence-corrected chi connectivity index (χ2v) is 11.9. The van der Waals surface area contributed by atoms with Crippen molar-refractivity contribution >= 4 is 11.7 Å². The number of carbonyl (C=O) groups excluding carboxylic acids is 2. The SMILES string of the molecule is CCNC(=O)COCCOCC(=O)CCCO[C@@H]1O[C@H](CO[C@H]2O[C@H](CO)[C@@H](O)[C@H](O)[C@@H]2O)[C@@H](O)[C@H](O[C@H]2O[C@H](CO)[C@@H](O)[C@H](O)[C@@H]2O)[C@@H]1O. The summed E-state index contributed by atoms with van der Waals surface area (Å²) in [6.45, 7) is -0.225. The molecule has 3 aliphatic heterocycles. The van der Waals surface area contributed by atoms with Gasteiger partial charge in [-0.15, -0.1) is 0 Å². The fourth-order valence-corrected chi connectivity index (χ4v) is 5.33. The average molecular weight is 734 g/mol. The number of Topliss-reactive ketones (excluding diaryl/α,β-unsaturated/α-hetero) is 1. The smallest absolute Gasteiger partial charge is 0.245 e. The summed E-state index contributed by atoms with van der Waals surface area (Å²) in [6, 6.07) is 0. The van der Waals surface area contributed by atoms with Crippen molar-refractivity contribution in [3.05, 3.63) is 0 Å². The van der Waals surface area contributed by atoms with Crippen LogP contribution >= 0.6 is 0 Å². The van der Waals surface area contributed by atoms with Crippen LogP contribution in [-0.2, 0) is 47.5 Å². The third kappa shape index (κ3) is 11.7. The van der Waals surface area contributed by atoms with E-state index in [2.05, 4.69) is 5.32 Å². The van der Waals surface area contributed by atoms with E-state index < -0.39 is 112 Å². The van der Waals surface area contributed by atoms with E-state index in [1.54, 1.807) is 6.92 Å². The molecule has 0 radical (unpaired) electrons. The molecular formula is C29H51NO20. The van der Waals surface area contributed by atoms with E-state index in [4.69, 9.17) is 37.9 Å². The minimum Gasteiger partial charge on any atom is -0.394 e. The Kier molecular flexibility index (Phi) is 18.2. The maximum absolute atomic E-state index is 12.2. The van der Waals surface area contributed by atoms with E-state index in [1.807, 2.05) is 0 Å². The van der Waals surface area contributed by atoms with Crippen molar-refractivity contribution < 1.29 is 98.5 Å². The molecule has 11 N–H and O–H groups in total. The number of hydrogen-bond acceptors (Lipinski definition) is 20. The molecular weight excluding hydrogens is 682 g/mol. The van der Waals surface area contributed by atoms with Gasteiger partial charge in [0.2, 0.25) is 5.91 Å². The summed E-state index contributed by atoms with van der Waals surface area (Å²) in [5.74, 6) is -0.558. The van der Waals surface area contributed by atoms with E-state index >= 15 is 0 Å². The van der Waals surface area contributed by atoms with Gasteiger partial charge in [0.15, 0.2) is 24.7 Å². The lowest BCUT2D eigenvalue weighted by molar-refractivity contribution is -0.366. The monoisotopic (exact) mass is 733 g/mol. The molecule has 0 unspecified atom stereocenters. The van der Waals surface area contributed by atoms with Crippen LogP contribution in [0, 0.1) is 0 Å². The molecule has 3 aliphatic rings. The van der Waals surface area contributed by atoms with Gasteiger partial charge in [-0.1, -0.05) is 0 Å². The zero-order valence-electron chi connectivity index (χ0n) is 27.5. The Bertz CT molecular complexity index is 1010. The fourth-order valence-electron chi connectivity index (χ4n) is 5.33. The summed E-state index contributed by atoms with van der Waals surface area (Å²) in [4.78, 5) is 23.6. The van der Waals surface area contributed by atoms with Gasteiger partial charge in [0, 0.05) is 13.0 Å². The molecule has 0 bridgehead atoms. The van der Waals surface area contributed by atoms with Crippen LogP contribution in [0.3, 0.4) is 0 Å². The summed E-state index contributed by atoms with van der Waals surface area (Å²) in [5, 5.41) is 105. The summed E-state index contributed by atoms with van der Waals surface area (Å²) >= 11 is 0. The van der Waals surface area contributed by atoms with Crippen molar-refractivity contribution in [2.24, 2.45) is 0 Å². The predicted molar refractivity (Wildman–Crippen MR) is 160 cm³/mol. The highest BCUT2D eigenvalue weighted by Crippen LogP contribution is 2.31. The molecule has 292 valence electrons. The molecule has 21 heteroatoms. The Morgan fingerprint density at radius 2 is 1.16 bits per heavy atom. The molecule has 3 rings (SSSR count). The van der Waals surface area contributed by atoms with Gasteiger partial charge in [-0.2, -0.15) is 0 Å². The second-order valence-electron chi connectivity index (χ2n) is 11.9. The lowest BCUT2D eigenvalue weighted by Gasteiger charge is -2.46. The molecule has 0 aromatic rings. The molecule has 50 heavy (non-hydrogen) atoms. The minimum atomic E-state index is -1.89. The number of carbonyl (C=O) groups is 2. The van der Waals surface area contributed by atoms with Gasteiger partial charge in [0.1, 0.15) is 86.5 Å². The lowest BCUT2D eigenvalue weighted by atomic mass is 9.96. The Balaban J connectivity index is 1.58. The quantitative estimate of drug-likeness (QED) is 0.0518. The van der Waals surface area contributed by atoms with Crippen LogP contribution < -0.4 is 5.32 Å². The molecule has 0 aliphatic carbocycles. The highest BCUT2D eigenvalue weighted by molar-refractivity contribution is 5.79. The van der Waals surface area contributed by atoms with Gasteiger partial charge in [0.25, 0.3) is 0 Å². The number of amides is 1. The van der Waals surface area contributed by atoms with Gasteiger partial charge < -0.3 is 94.3 Å². The van der Waals surface area contributed by atoms with Crippen LogP contribution in [0.2, 0.25) is 0 Å². The summed E-state index contributed by atoms with van der Waals surface area (Å²) in [6.07, 6.45) is -24.8. The number of aliphatic hydroxyl groups is 10. The Morgan fingerprint density at radius 3 is 1.76 bits per heavy atom. The van der Waals surface area contributed by atoms with Gasteiger partial charge in [0.05, 0.1) is 39.6 Å². The largest absolute Gasteiger partial charge is 0.394 e. The molecule has 0 aromatic heterocycles. The topological polar surface area (TPSA) is 322 Å². The van der Waals surface area contributed by atoms with Crippen molar-refractivity contribution in [2.75, 3.05) is 59.4 Å². The molecule has 3 heterocycles. The van der Waals surface area contributed by atoms with Crippen LogP contribution in [0.1, 0.15) is 19.8 Å². The Labute approximate surface area is 287 Å². The van der Waals surface area contributed by atoms with Gasteiger partial charge in [-0.25, -0.2) is 0 Å². The number of aliphatic hydroxyl groups excluding tert-OH is 10. The van der Waals surface area contributed by atoms with Gasteiger partial charge in [-0.05, 0) is 13.3 Å². The number of likely N-dealkylation sites (N-methyl/N-ethyl adjacent to an activating group) is 1. The zero-order valence-corrected chi connectivity index (χ0v) is 27.5. The van der Waals surface area contributed by atoms with Crippen LogP contribution in [0.15, 0.2) is 0 Å². The molecule has 15 atom stereocenters. The van der Waals surface area contributed by atoms with Crippen LogP contribution in [0.25, 0.3) is 0 Å². The van der Waals surface area contributed by atoms with Crippen molar-refractivity contribution in [3.8, 4) is 0 Å². The third-order valence-corrected chi connectivity index (χ3v) is 8.18. The van der Waals surface area contributed by atoms with Crippen molar-refractivity contribution in [2.45, 2.75) is 112 Å². The standard InChI is InChI=1S/C29H51NO20/c1-2-30-17(34)12-44-7-6-43-10-13(33)4-3-5-45-28-25(42)26(50-29-24(41)22(39)19(36)15(9-32)48-29)20(37)16(49-28)11-46-27-23(40)21(38)18(35)14(8-31)47-27/h14-16,18-29,31-32,35-42H,2-12H2,1H3,(H,30,34)/t14-,15-,16-,18-,19-,20-,21+,22+,23+,24+,25+,26+,27+,28-,29-/m1/s1. The van der Waals surface area contributed by atoms with Gasteiger partial charge >= 0.3 is 0 Å². The first kappa shape index (κ1) is 42.8. The molecule has 21 nitrogen and oxygen atoms in total. The number of nitrogens with one attached hydrogen (secondary N) is 1.